The molecule has 0 aliphatic carbocycles. The fourth-order valence-corrected chi connectivity index (χ4v) is 3.88. The summed E-state index contributed by atoms with van der Waals surface area (Å²) >= 11 is 1.75. The number of hydrogen-bond acceptors (Lipinski definition) is 4. The zero-order valence-corrected chi connectivity index (χ0v) is 16.3. The molecule has 0 spiro atoms. The Morgan fingerprint density at radius 1 is 1.11 bits per heavy atom. The number of anilines is 2. The minimum atomic E-state index is -0.139. The van der Waals surface area contributed by atoms with Crippen LogP contribution in [0.25, 0.3) is 0 Å². The summed E-state index contributed by atoms with van der Waals surface area (Å²) in [5, 5.41) is 2.95. The van der Waals surface area contributed by atoms with Gasteiger partial charge in [0, 0.05) is 29.2 Å². The second-order valence-corrected chi connectivity index (χ2v) is 7.51. The average molecular weight is 392 g/mol. The lowest BCUT2D eigenvalue weighted by Gasteiger charge is -2.16. The van der Waals surface area contributed by atoms with E-state index in [4.69, 9.17) is 4.42 Å². The van der Waals surface area contributed by atoms with Gasteiger partial charge in [-0.2, -0.15) is 11.8 Å². The van der Waals surface area contributed by atoms with Gasteiger partial charge in [0.05, 0.1) is 11.8 Å². The number of carbonyl (C=O) groups excluding carboxylic acids is 2. The van der Waals surface area contributed by atoms with E-state index >= 15 is 0 Å². The van der Waals surface area contributed by atoms with Gasteiger partial charge in [-0.05, 0) is 60.2 Å². The van der Waals surface area contributed by atoms with Crippen molar-refractivity contribution in [1.82, 2.24) is 0 Å². The van der Waals surface area contributed by atoms with Gasteiger partial charge in [0.15, 0.2) is 0 Å². The highest BCUT2D eigenvalue weighted by Gasteiger charge is 2.26. The number of carbonyl (C=O) groups is 2. The standard InChI is InChI=1S/C22H20N2O3S/c1-28-14-15-2-4-16(5-3-15)21(25)23-19-6-7-20-17(12-19)8-10-24(20)22(26)18-9-11-27-13-18/h2-7,9,11-13H,8,10,14H2,1H3,(H,23,25). The minimum absolute atomic E-state index is 0.0744. The predicted octanol–water partition coefficient (Wildman–Crippen LogP) is 4.60. The van der Waals surface area contributed by atoms with Crippen molar-refractivity contribution < 1.29 is 14.0 Å². The number of rotatable bonds is 5. The van der Waals surface area contributed by atoms with Gasteiger partial charge < -0.3 is 14.6 Å². The smallest absolute Gasteiger partial charge is 0.261 e. The Morgan fingerprint density at radius 2 is 1.93 bits per heavy atom. The maximum Gasteiger partial charge on any atom is 0.261 e. The third-order valence-electron chi connectivity index (χ3n) is 4.77. The number of fused-ring (bicyclic) bond motifs is 1. The molecule has 2 amide bonds. The van der Waals surface area contributed by atoms with Crippen molar-refractivity contribution in [3.8, 4) is 0 Å². The third-order valence-corrected chi connectivity index (χ3v) is 5.40. The molecule has 0 saturated heterocycles. The van der Waals surface area contributed by atoms with Gasteiger partial charge in [-0.3, -0.25) is 9.59 Å². The fourth-order valence-electron chi connectivity index (χ4n) is 3.35. The number of furan rings is 1. The van der Waals surface area contributed by atoms with Crippen LogP contribution in [0.2, 0.25) is 0 Å². The highest BCUT2D eigenvalue weighted by Crippen LogP contribution is 2.32. The molecule has 1 aliphatic rings. The van der Waals surface area contributed by atoms with E-state index in [9.17, 15) is 9.59 Å². The third kappa shape index (κ3) is 3.68. The van der Waals surface area contributed by atoms with Gasteiger partial charge in [-0.1, -0.05) is 12.1 Å². The summed E-state index contributed by atoms with van der Waals surface area (Å²) in [5.41, 5.74) is 5.02. The molecule has 2 aromatic carbocycles. The summed E-state index contributed by atoms with van der Waals surface area (Å²) in [7, 11) is 0. The molecule has 0 atom stereocenters. The molecule has 0 unspecified atom stereocenters. The number of thioether (sulfide) groups is 1. The molecule has 0 saturated carbocycles. The summed E-state index contributed by atoms with van der Waals surface area (Å²) in [6.07, 6.45) is 5.76. The Kier molecular flexibility index (Phi) is 5.21. The van der Waals surface area contributed by atoms with Gasteiger partial charge in [0.2, 0.25) is 0 Å². The van der Waals surface area contributed by atoms with Crippen molar-refractivity contribution in [3.63, 3.8) is 0 Å². The number of nitrogens with zero attached hydrogens (tertiary/aromatic N) is 1. The number of benzene rings is 2. The van der Waals surface area contributed by atoms with Gasteiger partial charge in [-0.25, -0.2) is 0 Å². The van der Waals surface area contributed by atoms with Crippen LogP contribution < -0.4 is 10.2 Å². The molecule has 5 nitrogen and oxygen atoms in total. The first-order valence-corrected chi connectivity index (χ1v) is 10.4. The topological polar surface area (TPSA) is 62.6 Å². The monoisotopic (exact) mass is 392 g/mol. The quantitative estimate of drug-likeness (QED) is 0.689. The second-order valence-electron chi connectivity index (χ2n) is 6.65. The molecule has 0 bridgehead atoms. The van der Waals surface area contributed by atoms with E-state index in [2.05, 4.69) is 11.6 Å². The zero-order valence-electron chi connectivity index (χ0n) is 15.5. The Balaban J connectivity index is 1.47. The molecule has 2 heterocycles. The van der Waals surface area contributed by atoms with Gasteiger partial charge in [0.1, 0.15) is 6.26 Å². The predicted molar refractivity (Wildman–Crippen MR) is 112 cm³/mol. The molecule has 1 N–H and O–H groups in total. The van der Waals surface area contributed by atoms with E-state index in [1.807, 2.05) is 42.5 Å². The van der Waals surface area contributed by atoms with Crippen LogP contribution in [0.5, 0.6) is 0 Å². The Morgan fingerprint density at radius 3 is 2.64 bits per heavy atom. The molecule has 0 fully saturated rings. The molecule has 142 valence electrons. The first-order valence-electron chi connectivity index (χ1n) is 9.02. The van der Waals surface area contributed by atoms with E-state index < -0.39 is 0 Å². The van der Waals surface area contributed by atoms with Crippen molar-refractivity contribution >= 4 is 35.0 Å². The number of amides is 2. The molecule has 1 aliphatic heterocycles. The molecule has 6 heteroatoms. The van der Waals surface area contributed by atoms with Crippen LogP contribution >= 0.6 is 11.8 Å². The highest BCUT2D eigenvalue weighted by molar-refractivity contribution is 7.97. The SMILES string of the molecule is CSCc1ccc(C(=O)Nc2ccc3c(c2)CCN3C(=O)c2ccoc2)cc1. The van der Waals surface area contributed by atoms with Crippen molar-refractivity contribution in [3.05, 3.63) is 83.3 Å². The summed E-state index contributed by atoms with van der Waals surface area (Å²) < 4.78 is 5.01. The second kappa shape index (κ2) is 7.94. The molecule has 3 aromatic rings. The molecule has 1 aromatic heterocycles. The largest absolute Gasteiger partial charge is 0.472 e. The van der Waals surface area contributed by atoms with Crippen molar-refractivity contribution in [2.75, 3.05) is 23.0 Å². The molecular weight excluding hydrogens is 372 g/mol. The Hall–Kier alpha value is -2.99. The van der Waals surface area contributed by atoms with E-state index in [1.165, 1.54) is 18.1 Å². The molecule has 0 radical (unpaired) electrons. The lowest BCUT2D eigenvalue weighted by atomic mass is 10.1. The van der Waals surface area contributed by atoms with Gasteiger partial charge in [0.25, 0.3) is 11.8 Å². The van der Waals surface area contributed by atoms with E-state index in [-0.39, 0.29) is 11.8 Å². The normalized spacial score (nSPS) is 12.7. The molecular formula is C22H20N2O3S. The summed E-state index contributed by atoms with van der Waals surface area (Å²) in [5.74, 6) is 0.718. The molecule has 4 rings (SSSR count). The first-order chi connectivity index (χ1) is 13.7. The number of nitrogens with one attached hydrogen (secondary N) is 1. The van der Waals surface area contributed by atoms with Crippen molar-refractivity contribution in [2.24, 2.45) is 0 Å². The lowest BCUT2D eigenvalue weighted by Crippen LogP contribution is -2.28. The van der Waals surface area contributed by atoms with Crippen LogP contribution in [0.3, 0.4) is 0 Å². The highest BCUT2D eigenvalue weighted by atomic mass is 32.2. The summed E-state index contributed by atoms with van der Waals surface area (Å²) in [6, 6.07) is 15.0. The lowest BCUT2D eigenvalue weighted by molar-refractivity contribution is 0.0987. The number of hydrogen-bond donors (Lipinski definition) is 1. The van der Waals surface area contributed by atoms with Crippen molar-refractivity contribution in [2.45, 2.75) is 12.2 Å². The van der Waals surface area contributed by atoms with Crippen LogP contribution in [-0.4, -0.2) is 24.6 Å². The van der Waals surface area contributed by atoms with Crippen LogP contribution in [0.1, 0.15) is 31.8 Å². The van der Waals surface area contributed by atoms with Gasteiger partial charge >= 0.3 is 0 Å². The van der Waals surface area contributed by atoms with Crippen molar-refractivity contribution in [1.29, 1.82) is 0 Å². The van der Waals surface area contributed by atoms with Crippen LogP contribution in [0, 0.1) is 0 Å². The minimum Gasteiger partial charge on any atom is -0.472 e. The van der Waals surface area contributed by atoms with Gasteiger partial charge in [-0.15, -0.1) is 0 Å². The average Bonchev–Trinajstić information content (AvgIpc) is 3.38. The summed E-state index contributed by atoms with van der Waals surface area (Å²) in [4.78, 5) is 26.9. The van der Waals surface area contributed by atoms with Crippen LogP contribution in [0.15, 0.2) is 65.5 Å². The zero-order chi connectivity index (χ0) is 19.5. The molecule has 28 heavy (non-hydrogen) atoms. The maximum atomic E-state index is 12.6. The summed E-state index contributed by atoms with van der Waals surface area (Å²) in [6.45, 7) is 0.619. The van der Waals surface area contributed by atoms with E-state index in [1.54, 1.807) is 22.7 Å². The first kappa shape index (κ1) is 18.4. The maximum absolute atomic E-state index is 12.6. The Bertz CT molecular complexity index is 997. The Labute approximate surface area is 167 Å². The van der Waals surface area contributed by atoms with E-state index in [0.29, 0.717) is 17.7 Å². The van der Waals surface area contributed by atoms with Crippen LogP contribution in [0.4, 0.5) is 11.4 Å². The van der Waals surface area contributed by atoms with Crippen LogP contribution in [-0.2, 0) is 12.2 Å². The fraction of sp³-hybridized carbons (Fsp3) is 0.182. The van der Waals surface area contributed by atoms with E-state index in [0.717, 1.165) is 29.1 Å².